The summed E-state index contributed by atoms with van der Waals surface area (Å²) in [6.07, 6.45) is 15.9. The van der Waals surface area contributed by atoms with Crippen molar-refractivity contribution in [2.24, 2.45) is 23.7 Å². The average molecular weight is 627 g/mol. The number of benzene rings is 4. The van der Waals surface area contributed by atoms with Gasteiger partial charge in [0, 0.05) is 24.9 Å². The zero-order chi connectivity index (χ0) is 29.5. The van der Waals surface area contributed by atoms with Crippen molar-refractivity contribution in [1.82, 2.24) is 0 Å². The van der Waals surface area contributed by atoms with Crippen LogP contribution in [0, 0.1) is 23.7 Å². The zero-order valence-electron chi connectivity index (χ0n) is 24.5. The Morgan fingerprint density at radius 2 is 1.43 bits per heavy atom. The predicted molar refractivity (Wildman–Crippen MR) is 194 cm³/mol. The highest BCUT2D eigenvalue weighted by atomic mass is 35.5. The molecule has 2 fully saturated rings. The Balaban J connectivity index is 1.07. The van der Waals surface area contributed by atoms with E-state index in [1.54, 1.807) is 0 Å². The summed E-state index contributed by atoms with van der Waals surface area (Å²) in [6.45, 7) is 0. The van der Waals surface area contributed by atoms with Crippen molar-refractivity contribution in [3.8, 4) is 0 Å². The molecule has 5 atom stereocenters. The number of halogens is 1. The van der Waals surface area contributed by atoms with Crippen LogP contribution in [-0.4, -0.2) is 10.2 Å². The zero-order valence-corrected chi connectivity index (χ0v) is 27.0. The van der Waals surface area contributed by atoms with Crippen LogP contribution in [0.15, 0.2) is 149 Å². The lowest BCUT2D eigenvalue weighted by Crippen LogP contribution is -2.15. The van der Waals surface area contributed by atoms with Gasteiger partial charge >= 0.3 is 0 Å². The van der Waals surface area contributed by atoms with Gasteiger partial charge in [0.15, 0.2) is 0 Å². The normalized spacial score (nSPS) is 26.7. The maximum absolute atomic E-state index is 7.43. The highest BCUT2D eigenvalue weighted by Crippen LogP contribution is 2.59. The molecular weight excluding hydrogens is 592 g/mol. The molecule has 5 unspecified atom stereocenters. The molecule has 8 rings (SSSR count). The summed E-state index contributed by atoms with van der Waals surface area (Å²) in [7, 11) is 0. The summed E-state index contributed by atoms with van der Waals surface area (Å²) in [5.74, 6) is 2.14. The van der Waals surface area contributed by atoms with Gasteiger partial charge in [0.2, 0.25) is 0 Å². The van der Waals surface area contributed by atoms with Gasteiger partial charge in [-0.3, -0.25) is 0 Å². The fourth-order valence-electron chi connectivity index (χ4n) is 7.31. The molecule has 0 N–H and O–H groups in total. The van der Waals surface area contributed by atoms with E-state index in [0.717, 1.165) is 0 Å². The Morgan fingerprint density at radius 3 is 2.25 bits per heavy atom. The second-order valence-corrected chi connectivity index (χ2v) is 15.1. The molecule has 218 valence electrons. The quantitative estimate of drug-likeness (QED) is 0.131. The molecule has 0 amide bonds. The monoisotopic (exact) mass is 626 g/mol. The molecule has 2 saturated carbocycles. The standard InChI is InChI=1S/C41H35ClS2/c42-41-29(22-23-30-25-38(27-12-3-1-4-13-27)43-36-20-9-7-17-32(30)36)16-11-19-34-35(40(34)41)24-31-26-39(28-14-5-2-6-15-28)44-37-21-10-8-18-33(31)37/h1-10,12-15,17-18,20-26,29,34-35,40-41,43H,11,16,19H2/b23-22?,31-24+. The van der Waals surface area contributed by atoms with Gasteiger partial charge in [-0.25, -0.2) is 0 Å². The maximum Gasteiger partial charge on any atom is 0.0435 e. The Bertz CT molecular complexity index is 1850. The van der Waals surface area contributed by atoms with E-state index in [-0.39, 0.29) is 5.38 Å². The van der Waals surface area contributed by atoms with E-state index in [4.69, 9.17) is 11.6 Å². The number of hydrogen-bond donors (Lipinski definition) is 1. The highest BCUT2D eigenvalue weighted by molar-refractivity contribution is 8.08. The van der Waals surface area contributed by atoms with Crippen molar-refractivity contribution in [3.05, 3.63) is 162 Å². The third-order valence-corrected chi connectivity index (χ3v) is 12.6. The van der Waals surface area contributed by atoms with Crippen LogP contribution >= 0.6 is 34.7 Å². The first kappa shape index (κ1) is 28.2. The summed E-state index contributed by atoms with van der Waals surface area (Å²) < 4.78 is 0. The molecule has 0 nitrogen and oxygen atoms in total. The summed E-state index contributed by atoms with van der Waals surface area (Å²) in [5.41, 5.74) is 7.93. The van der Waals surface area contributed by atoms with Gasteiger partial charge in [-0.15, -0.1) is 11.6 Å². The molecule has 2 aliphatic heterocycles. The van der Waals surface area contributed by atoms with Gasteiger partial charge in [0.1, 0.15) is 0 Å². The van der Waals surface area contributed by atoms with Crippen LogP contribution in [0.4, 0.5) is 0 Å². The largest absolute Gasteiger partial charge is 0.161 e. The molecule has 0 saturated heterocycles. The number of hydrogen-bond acceptors (Lipinski definition) is 1. The van der Waals surface area contributed by atoms with Crippen molar-refractivity contribution < 1.29 is 0 Å². The van der Waals surface area contributed by atoms with Gasteiger partial charge in [0.05, 0.1) is 0 Å². The Kier molecular flexibility index (Phi) is 7.84. The van der Waals surface area contributed by atoms with Crippen LogP contribution in [0.2, 0.25) is 0 Å². The van der Waals surface area contributed by atoms with Crippen LogP contribution in [0.25, 0.3) is 16.1 Å². The molecule has 0 spiro atoms. The smallest absolute Gasteiger partial charge is 0.0435 e. The number of fused-ring (bicyclic) bond motifs is 3. The van der Waals surface area contributed by atoms with Gasteiger partial charge in [-0.05, 0) is 94.2 Å². The topological polar surface area (TPSA) is 0 Å². The third kappa shape index (κ3) is 5.53. The van der Waals surface area contributed by atoms with E-state index in [9.17, 15) is 0 Å². The summed E-state index contributed by atoms with van der Waals surface area (Å²) in [6, 6.07) is 39.3. The molecule has 4 aromatic rings. The highest BCUT2D eigenvalue weighted by Gasteiger charge is 2.54. The Hall–Kier alpha value is -3.30. The second kappa shape index (κ2) is 12.2. The molecule has 0 bridgehead atoms. The van der Waals surface area contributed by atoms with Gasteiger partial charge in [-0.1, -0.05) is 133 Å². The first-order valence-corrected chi connectivity index (χ1v) is 17.9. The average Bonchev–Trinajstić information content (AvgIpc) is 3.80. The molecule has 4 aromatic carbocycles. The molecule has 0 radical (unpaired) electrons. The maximum atomic E-state index is 7.43. The third-order valence-electron chi connectivity index (χ3n) is 9.62. The molecule has 2 heterocycles. The SMILES string of the molecule is ClC1C(C=CC2=CC(c3ccccc3)=[SH]c3ccccc32)CCCC2C(/C=C3\C=C(c4ccccc4)Sc4ccccc43)C12. The predicted octanol–water partition coefficient (Wildman–Crippen LogP) is 11.2. The van der Waals surface area contributed by atoms with Crippen LogP contribution in [0.1, 0.15) is 41.5 Å². The number of rotatable bonds is 5. The van der Waals surface area contributed by atoms with Crippen LogP contribution in [0.5, 0.6) is 0 Å². The van der Waals surface area contributed by atoms with Crippen molar-refractivity contribution in [1.29, 1.82) is 0 Å². The van der Waals surface area contributed by atoms with Crippen molar-refractivity contribution in [2.75, 3.05) is 0 Å². The van der Waals surface area contributed by atoms with Crippen molar-refractivity contribution in [3.63, 3.8) is 0 Å². The molecule has 2 aliphatic carbocycles. The van der Waals surface area contributed by atoms with Crippen molar-refractivity contribution in [2.45, 2.75) is 34.4 Å². The fourth-order valence-corrected chi connectivity index (χ4v) is 10.2. The minimum absolute atomic E-state index is 0.154. The lowest BCUT2D eigenvalue weighted by molar-refractivity contribution is 0.515. The molecule has 4 aliphatic rings. The van der Waals surface area contributed by atoms with Gasteiger partial charge in [0.25, 0.3) is 0 Å². The van der Waals surface area contributed by atoms with E-state index >= 15 is 0 Å². The first-order chi connectivity index (χ1) is 21.7. The van der Waals surface area contributed by atoms with Crippen LogP contribution in [-0.2, 0) is 0 Å². The molecular formula is C41H35ClS2. The minimum Gasteiger partial charge on any atom is -0.161 e. The van der Waals surface area contributed by atoms with E-state index in [0.29, 0.717) is 23.7 Å². The lowest BCUT2D eigenvalue weighted by atomic mass is 9.92. The molecule has 3 heteroatoms. The number of thiol groups is 1. The summed E-state index contributed by atoms with van der Waals surface area (Å²) in [4.78, 5) is 5.40. The summed E-state index contributed by atoms with van der Waals surface area (Å²) >= 11 is 10.6. The fraction of sp³-hybridized carbons (Fsp3) is 0.195. The van der Waals surface area contributed by atoms with Crippen LogP contribution in [0.3, 0.4) is 0 Å². The van der Waals surface area contributed by atoms with E-state index < -0.39 is 0 Å². The molecule has 0 aromatic heterocycles. The van der Waals surface area contributed by atoms with E-state index in [1.807, 2.05) is 11.8 Å². The van der Waals surface area contributed by atoms with Crippen LogP contribution < -0.4 is 0 Å². The van der Waals surface area contributed by atoms with Crippen molar-refractivity contribution >= 4 is 55.6 Å². The van der Waals surface area contributed by atoms with E-state index in [2.05, 4.69) is 140 Å². The molecule has 44 heavy (non-hydrogen) atoms. The Morgan fingerprint density at radius 1 is 0.727 bits per heavy atom. The second-order valence-electron chi connectivity index (χ2n) is 12.3. The Labute approximate surface area is 274 Å². The first-order valence-electron chi connectivity index (χ1n) is 15.8. The van der Waals surface area contributed by atoms with E-state index in [1.165, 1.54) is 83.6 Å². The van der Waals surface area contributed by atoms with Gasteiger partial charge in [-0.2, -0.15) is 11.4 Å². The number of alkyl halides is 1. The number of allylic oxidation sites excluding steroid dienone is 7. The minimum atomic E-state index is 0.154. The lowest BCUT2D eigenvalue weighted by Gasteiger charge is -2.21. The summed E-state index contributed by atoms with van der Waals surface area (Å²) in [5, 5.41) is 0.154. The van der Waals surface area contributed by atoms with Gasteiger partial charge < -0.3 is 0 Å². The number of thioether (sulfide) groups is 1.